The van der Waals surface area contributed by atoms with Gasteiger partial charge in [-0.15, -0.1) is 11.8 Å². The van der Waals surface area contributed by atoms with E-state index >= 15 is 0 Å². The largest absolute Gasteiger partial charge is 0.497 e. The highest BCUT2D eigenvalue weighted by Crippen LogP contribution is 2.42. The van der Waals surface area contributed by atoms with Gasteiger partial charge in [0.2, 0.25) is 5.91 Å². The highest BCUT2D eigenvalue weighted by atomic mass is 32.2. The Bertz CT molecular complexity index is 408. The lowest BCUT2D eigenvalue weighted by Crippen LogP contribution is -2.25. The van der Waals surface area contributed by atoms with Crippen LogP contribution in [-0.4, -0.2) is 30.2 Å². The number of nitrogens with zero attached hydrogens (tertiary/aromatic N) is 1. The van der Waals surface area contributed by atoms with Crippen LogP contribution in [0.2, 0.25) is 0 Å². The van der Waals surface area contributed by atoms with Crippen molar-refractivity contribution in [1.82, 2.24) is 4.90 Å². The number of thioether (sulfide) groups is 1. The molecule has 4 heteroatoms. The van der Waals surface area contributed by atoms with Gasteiger partial charge in [0.1, 0.15) is 11.1 Å². The fourth-order valence-electron chi connectivity index (χ4n) is 1.84. The lowest BCUT2D eigenvalue weighted by molar-refractivity contribution is -0.128. The van der Waals surface area contributed by atoms with Gasteiger partial charge in [-0.1, -0.05) is 12.1 Å². The van der Waals surface area contributed by atoms with E-state index in [1.54, 1.807) is 23.8 Å². The smallest absolute Gasteiger partial charge is 0.236 e. The average molecular weight is 237 g/mol. The molecule has 2 unspecified atom stereocenters. The van der Waals surface area contributed by atoms with Gasteiger partial charge in [0.05, 0.1) is 12.4 Å². The third kappa shape index (κ3) is 1.89. The van der Waals surface area contributed by atoms with Crippen molar-refractivity contribution in [3.8, 4) is 5.75 Å². The summed E-state index contributed by atoms with van der Waals surface area (Å²) in [6, 6.07) is 7.88. The maximum absolute atomic E-state index is 11.7. The third-order valence-corrected chi connectivity index (χ3v) is 4.22. The SMILES string of the molecule is COc1cccc(C2SC(C)C(=O)N2C)c1. The van der Waals surface area contributed by atoms with Crippen LogP contribution in [0.1, 0.15) is 17.9 Å². The van der Waals surface area contributed by atoms with Crippen LogP contribution in [0, 0.1) is 0 Å². The molecule has 1 fully saturated rings. The lowest BCUT2D eigenvalue weighted by atomic mass is 10.2. The topological polar surface area (TPSA) is 29.5 Å². The predicted octanol–water partition coefficient (Wildman–Crippen LogP) is 2.29. The number of benzene rings is 1. The van der Waals surface area contributed by atoms with E-state index < -0.39 is 0 Å². The first-order valence-electron chi connectivity index (χ1n) is 5.19. The second kappa shape index (κ2) is 4.37. The highest BCUT2D eigenvalue weighted by molar-refractivity contribution is 8.01. The standard InChI is InChI=1S/C12H15NO2S/c1-8-11(14)13(2)12(16-8)9-5-4-6-10(7-9)15-3/h4-8,12H,1-3H3. The second-order valence-corrected chi connectivity index (χ2v) is 5.28. The Kier molecular flexibility index (Phi) is 3.10. The van der Waals surface area contributed by atoms with E-state index in [-0.39, 0.29) is 16.5 Å². The zero-order valence-electron chi connectivity index (χ0n) is 9.64. The Balaban J connectivity index is 2.27. The number of carbonyl (C=O) groups is 1. The molecule has 1 aliphatic rings. The maximum Gasteiger partial charge on any atom is 0.236 e. The normalized spacial score (nSPS) is 24.9. The molecule has 0 aromatic heterocycles. The van der Waals surface area contributed by atoms with Crippen molar-refractivity contribution in [2.24, 2.45) is 0 Å². The molecule has 1 saturated heterocycles. The Labute approximate surface area is 99.8 Å². The Morgan fingerprint density at radius 2 is 2.19 bits per heavy atom. The number of rotatable bonds is 2. The molecule has 1 aromatic carbocycles. The first-order chi connectivity index (χ1) is 7.63. The summed E-state index contributed by atoms with van der Waals surface area (Å²) in [6.45, 7) is 1.95. The van der Waals surface area contributed by atoms with Gasteiger partial charge >= 0.3 is 0 Å². The van der Waals surface area contributed by atoms with Gasteiger partial charge in [-0.05, 0) is 24.6 Å². The molecule has 0 N–H and O–H groups in total. The molecule has 0 aliphatic carbocycles. The van der Waals surface area contributed by atoms with E-state index in [1.807, 2.05) is 38.2 Å². The van der Waals surface area contributed by atoms with E-state index in [0.29, 0.717) is 0 Å². The van der Waals surface area contributed by atoms with Crippen molar-refractivity contribution in [3.63, 3.8) is 0 Å². The van der Waals surface area contributed by atoms with Crippen LogP contribution >= 0.6 is 11.8 Å². The minimum Gasteiger partial charge on any atom is -0.497 e. The van der Waals surface area contributed by atoms with Crippen LogP contribution in [0.4, 0.5) is 0 Å². The molecule has 86 valence electrons. The van der Waals surface area contributed by atoms with Crippen LogP contribution in [0.3, 0.4) is 0 Å². The zero-order valence-corrected chi connectivity index (χ0v) is 10.5. The fourth-order valence-corrected chi connectivity index (χ4v) is 3.10. The quantitative estimate of drug-likeness (QED) is 0.790. The molecule has 0 spiro atoms. The summed E-state index contributed by atoms with van der Waals surface area (Å²) in [6.07, 6.45) is 0. The number of hydrogen-bond donors (Lipinski definition) is 0. The van der Waals surface area contributed by atoms with Crippen LogP contribution < -0.4 is 4.74 Å². The summed E-state index contributed by atoms with van der Waals surface area (Å²) in [4.78, 5) is 13.5. The van der Waals surface area contributed by atoms with Gasteiger partial charge in [0, 0.05) is 7.05 Å². The monoisotopic (exact) mass is 237 g/mol. The Morgan fingerprint density at radius 1 is 1.44 bits per heavy atom. The average Bonchev–Trinajstić information content (AvgIpc) is 2.57. The summed E-state index contributed by atoms with van der Waals surface area (Å²) in [5, 5.41) is 0.152. The van der Waals surface area contributed by atoms with Gasteiger partial charge in [0.15, 0.2) is 0 Å². The number of carbonyl (C=O) groups excluding carboxylic acids is 1. The minimum absolute atomic E-state index is 0.0428. The van der Waals surface area contributed by atoms with E-state index in [0.717, 1.165) is 11.3 Å². The third-order valence-electron chi connectivity index (χ3n) is 2.76. The van der Waals surface area contributed by atoms with Crippen LogP contribution in [-0.2, 0) is 4.79 Å². The Hall–Kier alpha value is -1.16. The van der Waals surface area contributed by atoms with E-state index in [4.69, 9.17) is 4.74 Å². The molecule has 2 rings (SSSR count). The minimum atomic E-state index is 0.0428. The van der Waals surface area contributed by atoms with Gasteiger partial charge in [-0.25, -0.2) is 0 Å². The van der Waals surface area contributed by atoms with E-state index in [2.05, 4.69) is 0 Å². The summed E-state index contributed by atoms with van der Waals surface area (Å²) < 4.78 is 5.19. The van der Waals surface area contributed by atoms with Crippen LogP contribution in [0.15, 0.2) is 24.3 Å². The number of hydrogen-bond acceptors (Lipinski definition) is 3. The van der Waals surface area contributed by atoms with Crippen molar-refractivity contribution < 1.29 is 9.53 Å². The van der Waals surface area contributed by atoms with Crippen molar-refractivity contribution in [2.45, 2.75) is 17.5 Å². The van der Waals surface area contributed by atoms with Gasteiger partial charge in [-0.2, -0.15) is 0 Å². The molecule has 1 aromatic rings. The van der Waals surface area contributed by atoms with Crippen molar-refractivity contribution in [3.05, 3.63) is 29.8 Å². The summed E-state index contributed by atoms with van der Waals surface area (Å²) >= 11 is 1.67. The molecular formula is C12H15NO2S. The summed E-state index contributed by atoms with van der Waals surface area (Å²) in [5.41, 5.74) is 1.12. The van der Waals surface area contributed by atoms with Gasteiger partial charge in [-0.3, -0.25) is 4.79 Å². The number of ether oxygens (including phenoxy) is 1. The molecule has 2 atom stereocenters. The molecule has 1 heterocycles. The fraction of sp³-hybridized carbons (Fsp3) is 0.417. The molecule has 1 aliphatic heterocycles. The molecule has 3 nitrogen and oxygen atoms in total. The van der Waals surface area contributed by atoms with Crippen molar-refractivity contribution >= 4 is 17.7 Å². The lowest BCUT2D eigenvalue weighted by Gasteiger charge is -2.19. The number of methoxy groups -OCH3 is 1. The van der Waals surface area contributed by atoms with Crippen molar-refractivity contribution in [1.29, 1.82) is 0 Å². The van der Waals surface area contributed by atoms with E-state index in [1.165, 1.54) is 0 Å². The van der Waals surface area contributed by atoms with E-state index in [9.17, 15) is 4.79 Å². The zero-order chi connectivity index (χ0) is 11.7. The second-order valence-electron chi connectivity index (χ2n) is 3.86. The molecule has 0 bridgehead atoms. The van der Waals surface area contributed by atoms with Gasteiger partial charge < -0.3 is 9.64 Å². The number of amides is 1. The van der Waals surface area contributed by atoms with Gasteiger partial charge in [0.25, 0.3) is 0 Å². The summed E-state index contributed by atoms with van der Waals surface area (Å²) in [7, 11) is 3.50. The molecule has 1 amide bonds. The predicted molar refractivity (Wildman–Crippen MR) is 65.6 cm³/mol. The Morgan fingerprint density at radius 3 is 2.75 bits per heavy atom. The van der Waals surface area contributed by atoms with Crippen LogP contribution in [0.5, 0.6) is 5.75 Å². The molecular weight excluding hydrogens is 222 g/mol. The molecule has 0 radical (unpaired) electrons. The molecule has 0 saturated carbocycles. The summed E-state index contributed by atoms with van der Waals surface area (Å²) in [5.74, 6) is 1.02. The highest BCUT2D eigenvalue weighted by Gasteiger charge is 2.35. The van der Waals surface area contributed by atoms with Crippen molar-refractivity contribution in [2.75, 3.05) is 14.2 Å². The maximum atomic E-state index is 11.7. The first kappa shape index (κ1) is 11.3. The van der Waals surface area contributed by atoms with Crippen LogP contribution in [0.25, 0.3) is 0 Å². The molecule has 16 heavy (non-hydrogen) atoms. The first-order valence-corrected chi connectivity index (χ1v) is 6.14.